The molecule has 1 aliphatic carbocycles. The molecule has 0 radical (unpaired) electrons. The van der Waals surface area contributed by atoms with Gasteiger partial charge >= 0.3 is 0 Å². The summed E-state index contributed by atoms with van der Waals surface area (Å²) in [6, 6.07) is 0.482. The smallest absolute Gasteiger partial charge is 0.134 e. The van der Waals surface area contributed by atoms with E-state index in [1.54, 1.807) is 0 Å². The molecule has 4 heteroatoms. The molecule has 0 aromatic heterocycles. The van der Waals surface area contributed by atoms with Gasteiger partial charge in [0.05, 0.1) is 19.3 Å². The van der Waals surface area contributed by atoms with E-state index >= 15 is 0 Å². The molecule has 0 aromatic rings. The number of aliphatic hydroxyl groups excluding tert-OH is 1. The van der Waals surface area contributed by atoms with Crippen molar-refractivity contribution in [2.75, 3.05) is 26.3 Å². The van der Waals surface area contributed by atoms with Gasteiger partial charge in [0.15, 0.2) is 0 Å². The minimum atomic E-state index is 0.108. The normalized spacial score (nSPS) is 28.5. The van der Waals surface area contributed by atoms with Crippen LogP contribution in [0.15, 0.2) is 0 Å². The third kappa shape index (κ3) is 3.76. The molecule has 17 heavy (non-hydrogen) atoms. The first-order valence-corrected chi connectivity index (χ1v) is 6.78. The van der Waals surface area contributed by atoms with Gasteiger partial charge in [-0.05, 0) is 25.7 Å². The maximum atomic E-state index is 11.4. The van der Waals surface area contributed by atoms with Crippen molar-refractivity contribution >= 4 is 5.78 Å². The summed E-state index contributed by atoms with van der Waals surface area (Å²) in [5, 5.41) is 8.71. The first-order chi connectivity index (χ1) is 8.29. The predicted molar refractivity (Wildman–Crippen MR) is 64.9 cm³/mol. The molecule has 4 nitrogen and oxygen atoms in total. The molecule has 0 spiro atoms. The summed E-state index contributed by atoms with van der Waals surface area (Å²) in [4.78, 5) is 13.9. The van der Waals surface area contributed by atoms with Crippen molar-refractivity contribution in [1.82, 2.24) is 4.90 Å². The van der Waals surface area contributed by atoms with E-state index in [-0.39, 0.29) is 6.61 Å². The molecule has 1 atom stereocenters. The van der Waals surface area contributed by atoms with Gasteiger partial charge in [-0.25, -0.2) is 0 Å². The lowest BCUT2D eigenvalue weighted by atomic mass is 9.91. The van der Waals surface area contributed by atoms with Gasteiger partial charge in [-0.3, -0.25) is 9.69 Å². The monoisotopic (exact) mass is 241 g/mol. The summed E-state index contributed by atoms with van der Waals surface area (Å²) in [5.74, 6) is 0.430. The van der Waals surface area contributed by atoms with Crippen molar-refractivity contribution in [2.45, 2.75) is 50.7 Å². The van der Waals surface area contributed by atoms with Crippen molar-refractivity contribution < 1.29 is 14.6 Å². The first kappa shape index (κ1) is 13.0. The Kier molecular flexibility index (Phi) is 4.95. The van der Waals surface area contributed by atoms with Gasteiger partial charge in [-0.1, -0.05) is 0 Å². The number of rotatable bonds is 4. The number of piperidine rings is 1. The van der Waals surface area contributed by atoms with Crippen LogP contribution in [0.1, 0.15) is 38.5 Å². The van der Waals surface area contributed by atoms with Gasteiger partial charge in [-0.15, -0.1) is 0 Å². The van der Waals surface area contributed by atoms with Crippen LogP contribution in [0.2, 0.25) is 0 Å². The van der Waals surface area contributed by atoms with Crippen LogP contribution in [0.25, 0.3) is 0 Å². The maximum absolute atomic E-state index is 11.4. The molecule has 1 unspecified atom stereocenters. The molecule has 2 fully saturated rings. The molecule has 1 N–H and O–H groups in total. The van der Waals surface area contributed by atoms with Gasteiger partial charge < -0.3 is 9.84 Å². The third-order valence-corrected chi connectivity index (χ3v) is 3.89. The summed E-state index contributed by atoms with van der Waals surface area (Å²) in [6.45, 7) is 2.63. The number of likely N-dealkylation sites (tertiary alicyclic amines) is 1. The zero-order valence-electron chi connectivity index (χ0n) is 10.4. The minimum absolute atomic E-state index is 0.108. The number of carbonyl (C=O) groups is 1. The highest BCUT2D eigenvalue weighted by molar-refractivity contribution is 5.79. The van der Waals surface area contributed by atoms with Gasteiger partial charge in [0.1, 0.15) is 5.78 Å². The third-order valence-electron chi connectivity index (χ3n) is 3.89. The average Bonchev–Trinajstić information content (AvgIpc) is 2.37. The van der Waals surface area contributed by atoms with Gasteiger partial charge in [0, 0.05) is 32.0 Å². The Morgan fingerprint density at radius 2 is 2.06 bits per heavy atom. The summed E-state index contributed by atoms with van der Waals surface area (Å²) >= 11 is 0. The molecule has 1 saturated carbocycles. The molecule has 0 bridgehead atoms. The number of aliphatic hydroxyl groups is 1. The standard InChI is InChI=1S/C13H23NO3/c15-8-9-17-13-4-6-14(7-5-13)11-2-1-3-12(16)10-11/h11,13,15H,1-10H2. The van der Waals surface area contributed by atoms with Crippen LogP contribution in [0, 0.1) is 0 Å². The van der Waals surface area contributed by atoms with Crippen LogP contribution in [0.5, 0.6) is 0 Å². The Hall–Kier alpha value is -0.450. The predicted octanol–water partition coefficient (Wildman–Crippen LogP) is 0.971. The topological polar surface area (TPSA) is 49.8 Å². The largest absolute Gasteiger partial charge is 0.394 e. The Morgan fingerprint density at radius 3 is 2.71 bits per heavy atom. The number of Topliss-reactive ketones (excluding diaryl/α,β-unsaturated/α-hetero) is 1. The van der Waals surface area contributed by atoms with E-state index in [1.165, 1.54) is 6.42 Å². The molecule has 98 valence electrons. The van der Waals surface area contributed by atoms with E-state index in [9.17, 15) is 4.79 Å². The van der Waals surface area contributed by atoms with Gasteiger partial charge in [-0.2, -0.15) is 0 Å². The van der Waals surface area contributed by atoms with Crippen LogP contribution >= 0.6 is 0 Å². The van der Waals surface area contributed by atoms with Crippen molar-refractivity contribution in [3.05, 3.63) is 0 Å². The number of hydrogen-bond acceptors (Lipinski definition) is 4. The number of nitrogens with zero attached hydrogens (tertiary/aromatic N) is 1. The van der Waals surface area contributed by atoms with Crippen molar-refractivity contribution in [3.8, 4) is 0 Å². The highest BCUT2D eigenvalue weighted by atomic mass is 16.5. The molecule has 1 heterocycles. The molecule has 0 aromatic carbocycles. The van der Waals surface area contributed by atoms with E-state index in [4.69, 9.17) is 9.84 Å². The Labute approximate surface area is 103 Å². The number of hydrogen-bond donors (Lipinski definition) is 1. The van der Waals surface area contributed by atoms with E-state index in [1.807, 2.05) is 0 Å². The van der Waals surface area contributed by atoms with Gasteiger partial charge in [0.2, 0.25) is 0 Å². The number of ketones is 1. The second kappa shape index (κ2) is 6.47. The van der Waals surface area contributed by atoms with Crippen molar-refractivity contribution in [3.63, 3.8) is 0 Å². The molecule has 1 saturated heterocycles. The lowest BCUT2D eigenvalue weighted by molar-refractivity contribution is -0.122. The highest BCUT2D eigenvalue weighted by Gasteiger charge is 2.28. The van der Waals surface area contributed by atoms with Crippen LogP contribution < -0.4 is 0 Å². The quantitative estimate of drug-likeness (QED) is 0.797. The van der Waals surface area contributed by atoms with E-state index in [0.29, 0.717) is 24.5 Å². The SMILES string of the molecule is O=C1CCCC(N2CCC(OCCO)CC2)C1. The van der Waals surface area contributed by atoms with Crippen molar-refractivity contribution in [1.29, 1.82) is 0 Å². The van der Waals surface area contributed by atoms with Crippen LogP contribution in [-0.2, 0) is 9.53 Å². The van der Waals surface area contributed by atoms with Crippen molar-refractivity contribution in [2.24, 2.45) is 0 Å². The maximum Gasteiger partial charge on any atom is 0.134 e. The highest BCUT2D eigenvalue weighted by Crippen LogP contribution is 2.24. The molecular formula is C13H23NO3. The fourth-order valence-electron chi connectivity index (χ4n) is 2.94. The minimum Gasteiger partial charge on any atom is -0.394 e. The lowest BCUT2D eigenvalue weighted by Gasteiger charge is -2.38. The number of ether oxygens (including phenoxy) is 1. The summed E-state index contributed by atoms with van der Waals surface area (Å²) in [5.41, 5.74) is 0. The van der Waals surface area contributed by atoms with Crippen LogP contribution in [0.4, 0.5) is 0 Å². The van der Waals surface area contributed by atoms with E-state index in [2.05, 4.69) is 4.90 Å². The zero-order valence-corrected chi connectivity index (χ0v) is 10.4. The molecule has 2 rings (SSSR count). The molecule has 0 amide bonds. The molecular weight excluding hydrogens is 218 g/mol. The summed E-state index contributed by atoms with van der Waals surface area (Å²) in [6.07, 6.45) is 6.14. The Balaban J connectivity index is 1.72. The lowest BCUT2D eigenvalue weighted by Crippen LogP contribution is -2.45. The Bertz CT molecular complexity index is 249. The summed E-state index contributed by atoms with van der Waals surface area (Å²) in [7, 11) is 0. The second-order valence-electron chi connectivity index (χ2n) is 5.12. The fraction of sp³-hybridized carbons (Fsp3) is 0.923. The second-order valence-corrected chi connectivity index (χ2v) is 5.12. The molecule has 2 aliphatic rings. The number of carbonyl (C=O) groups excluding carboxylic acids is 1. The van der Waals surface area contributed by atoms with Gasteiger partial charge in [0.25, 0.3) is 0 Å². The average molecular weight is 241 g/mol. The fourth-order valence-corrected chi connectivity index (χ4v) is 2.94. The summed E-state index contributed by atoms with van der Waals surface area (Å²) < 4.78 is 5.55. The molecule has 1 aliphatic heterocycles. The van der Waals surface area contributed by atoms with E-state index < -0.39 is 0 Å². The van der Waals surface area contributed by atoms with Crippen LogP contribution in [-0.4, -0.2) is 54.2 Å². The Morgan fingerprint density at radius 1 is 1.29 bits per heavy atom. The van der Waals surface area contributed by atoms with Crippen LogP contribution in [0.3, 0.4) is 0 Å². The zero-order chi connectivity index (χ0) is 12.1. The van der Waals surface area contributed by atoms with E-state index in [0.717, 1.165) is 45.2 Å². The first-order valence-electron chi connectivity index (χ1n) is 6.78.